The van der Waals surface area contributed by atoms with Gasteiger partial charge in [0.2, 0.25) is 0 Å². The van der Waals surface area contributed by atoms with E-state index in [4.69, 9.17) is 0 Å². The van der Waals surface area contributed by atoms with Crippen LogP contribution in [0.1, 0.15) is 27.5 Å². The zero-order valence-corrected chi connectivity index (χ0v) is 12.9. The minimum absolute atomic E-state index is 0.0934. The summed E-state index contributed by atoms with van der Waals surface area (Å²) in [5.41, 5.74) is 2.66. The smallest absolute Gasteiger partial charge is 0.252 e. The van der Waals surface area contributed by atoms with Gasteiger partial charge in [-0.1, -0.05) is 48.5 Å². The summed E-state index contributed by atoms with van der Waals surface area (Å²) >= 11 is 0. The molecule has 0 radical (unpaired) electrons. The Morgan fingerprint density at radius 1 is 1.04 bits per heavy atom. The lowest BCUT2D eigenvalue weighted by Crippen LogP contribution is -2.32. The number of nitrogens with one attached hydrogen (secondary N) is 1. The Labute approximate surface area is 135 Å². The minimum atomic E-state index is -0.198. The van der Waals surface area contributed by atoms with Crippen LogP contribution in [0.2, 0.25) is 0 Å². The van der Waals surface area contributed by atoms with Crippen molar-refractivity contribution >= 4 is 5.91 Å². The number of carbonyl (C=O) groups excluding carboxylic acids is 1. The molecule has 1 unspecified atom stereocenters. The lowest BCUT2D eigenvalue weighted by Gasteiger charge is -2.19. The van der Waals surface area contributed by atoms with Gasteiger partial charge >= 0.3 is 0 Å². The van der Waals surface area contributed by atoms with Gasteiger partial charge in [0.1, 0.15) is 0 Å². The summed E-state index contributed by atoms with van der Waals surface area (Å²) in [6.07, 6.45) is 3.26. The van der Waals surface area contributed by atoms with Crippen molar-refractivity contribution in [1.82, 2.24) is 20.3 Å². The molecule has 5 heteroatoms. The van der Waals surface area contributed by atoms with Gasteiger partial charge in [0.25, 0.3) is 5.91 Å². The first-order chi connectivity index (χ1) is 11.2. The Morgan fingerprint density at radius 2 is 1.70 bits per heavy atom. The highest BCUT2D eigenvalue weighted by atomic mass is 16.1. The van der Waals surface area contributed by atoms with Crippen LogP contribution in [0.4, 0.5) is 0 Å². The van der Waals surface area contributed by atoms with Crippen molar-refractivity contribution < 1.29 is 4.79 Å². The number of aromatic nitrogens is 3. The summed E-state index contributed by atoms with van der Waals surface area (Å²) in [5, 5.41) is 11.4. The fraction of sp³-hybridized carbons (Fsp3) is 0.167. The molecule has 1 heterocycles. The monoisotopic (exact) mass is 306 g/mol. The van der Waals surface area contributed by atoms with Crippen LogP contribution < -0.4 is 5.32 Å². The molecule has 2 aromatic carbocycles. The molecule has 23 heavy (non-hydrogen) atoms. The number of hydrogen-bond donors (Lipinski definition) is 1. The van der Waals surface area contributed by atoms with Crippen molar-refractivity contribution in [2.45, 2.75) is 19.5 Å². The molecule has 0 fully saturated rings. The highest BCUT2D eigenvalue weighted by molar-refractivity contribution is 5.95. The first-order valence-corrected chi connectivity index (χ1v) is 7.49. The van der Waals surface area contributed by atoms with Crippen LogP contribution in [-0.2, 0) is 6.54 Å². The number of amides is 1. The van der Waals surface area contributed by atoms with E-state index in [2.05, 4.69) is 15.5 Å². The molecule has 1 N–H and O–H groups in total. The SMILES string of the molecule is Cc1ccccc1C(=O)NC(Cn1nccn1)c1ccccc1. The topological polar surface area (TPSA) is 59.8 Å². The van der Waals surface area contributed by atoms with Crippen molar-refractivity contribution in [2.75, 3.05) is 0 Å². The van der Waals surface area contributed by atoms with E-state index in [0.29, 0.717) is 12.1 Å². The molecule has 0 aliphatic carbocycles. The summed E-state index contributed by atoms with van der Waals surface area (Å²) in [7, 11) is 0. The van der Waals surface area contributed by atoms with E-state index in [9.17, 15) is 4.79 Å². The van der Waals surface area contributed by atoms with E-state index in [1.54, 1.807) is 17.2 Å². The maximum atomic E-state index is 12.6. The van der Waals surface area contributed by atoms with Gasteiger partial charge in [-0.15, -0.1) is 0 Å². The second-order valence-electron chi connectivity index (χ2n) is 5.34. The fourth-order valence-electron chi connectivity index (χ4n) is 2.48. The first-order valence-electron chi connectivity index (χ1n) is 7.49. The molecule has 3 aromatic rings. The van der Waals surface area contributed by atoms with Crippen molar-refractivity contribution in [3.8, 4) is 0 Å². The molecular weight excluding hydrogens is 288 g/mol. The number of hydrogen-bond acceptors (Lipinski definition) is 3. The highest BCUT2D eigenvalue weighted by Gasteiger charge is 2.18. The molecule has 1 amide bonds. The highest BCUT2D eigenvalue weighted by Crippen LogP contribution is 2.16. The Kier molecular flexibility index (Phi) is 4.47. The molecule has 0 saturated heterocycles. The maximum Gasteiger partial charge on any atom is 0.252 e. The predicted octanol–water partition coefficient (Wildman–Crippen LogP) is 2.76. The van der Waals surface area contributed by atoms with Gasteiger partial charge in [0, 0.05) is 5.56 Å². The molecule has 0 bridgehead atoms. The van der Waals surface area contributed by atoms with Crippen LogP contribution in [0.3, 0.4) is 0 Å². The predicted molar refractivity (Wildman–Crippen MR) is 87.9 cm³/mol. The Hall–Kier alpha value is -2.95. The summed E-state index contributed by atoms with van der Waals surface area (Å²) < 4.78 is 0. The first kappa shape index (κ1) is 15.0. The van der Waals surface area contributed by atoms with E-state index in [-0.39, 0.29) is 11.9 Å². The zero-order valence-electron chi connectivity index (χ0n) is 12.9. The Bertz CT molecular complexity index is 769. The third kappa shape index (κ3) is 3.63. The number of benzene rings is 2. The number of rotatable bonds is 5. The van der Waals surface area contributed by atoms with E-state index in [1.807, 2.05) is 61.5 Å². The second kappa shape index (κ2) is 6.87. The lowest BCUT2D eigenvalue weighted by molar-refractivity contribution is 0.0930. The molecule has 1 atom stereocenters. The zero-order chi connectivity index (χ0) is 16.1. The summed E-state index contributed by atoms with van der Waals surface area (Å²) in [4.78, 5) is 14.2. The maximum absolute atomic E-state index is 12.6. The standard InChI is InChI=1S/C18H18N4O/c1-14-7-5-6-10-16(14)18(23)21-17(13-22-19-11-12-20-22)15-8-3-2-4-9-15/h2-12,17H,13H2,1H3,(H,21,23). The van der Waals surface area contributed by atoms with Gasteiger partial charge in [-0.2, -0.15) is 15.0 Å². The molecule has 0 saturated carbocycles. The van der Waals surface area contributed by atoms with E-state index in [1.165, 1.54) is 0 Å². The van der Waals surface area contributed by atoms with Crippen LogP contribution in [0.15, 0.2) is 67.0 Å². The summed E-state index contributed by atoms with van der Waals surface area (Å²) in [6.45, 7) is 2.41. The average molecular weight is 306 g/mol. The number of nitrogens with zero attached hydrogens (tertiary/aromatic N) is 3. The quantitative estimate of drug-likeness (QED) is 0.788. The molecular formula is C18H18N4O. The molecule has 116 valence electrons. The van der Waals surface area contributed by atoms with Gasteiger partial charge in [-0.05, 0) is 24.1 Å². The van der Waals surface area contributed by atoms with Crippen molar-refractivity contribution in [1.29, 1.82) is 0 Å². The average Bonchev–Trinajstić information content (AvgIpc) is 3.08. The van der Waals surface area contributed by atoms with Crippen LogP contribution >= 0.6 is 0 Å². The second-order valence-corrected chi connectivity index (χ2v) is 5.34. The third-order valence-electron chi connectivity index (χ3n) is 3.71. The van der Waals surface area contributed by atoms with Crippen LogP contribution in [0.25, 0.3) is 0 Å². The molecule has 0 aliphatic heterocycles. The van der Waals surface area contributed by atoms with Crippen molar-refractivity contribution in [3.05, 3.63) is 83.7 Å². The van der Waals surface area contributed by atoms with Crippen LogP contribution in [0, 0.1) is 6.92 Å². The van der Waals surface area contributed by atoms with Gasteiger partial charge < -0.3 is 5.32 Å². The van der Waals surface area contributed by atoms with Gasteiger partial charge in [-0.25, -0.2) is 0 Å². The van der Waals surface area contributed by atoms with Crippen LogP contribution in [-0.4, -0.2) is 20.9 Å². The molecule has 5 nitrogen and oxygen atoms in total. The Balaban J connectivity index is 1.84. The van der Waals surface area contributed by atoms with Crippen LogP contribution in [0.5, 0.6) is 0 Å². The van der Waals surface area contributed by atoms with E-state index in [0.717, 1.165) is 11.1 Å². The molecule has 0 spiro atoms. The molecule has 1 aromatic heterocycles. The minimum Gasteiger partial charge on any atom is -0.343 e. The molecule has 0 aliphatic rings. The van der Waals surface area contributed by atoms with Crippen molar-refractivity contribution in [2.24, 2.45) is 0 Å². The number of aryl methyl sites for hydroxylation is 1. The normalized spacial score (nSPS) is 11.9. The summed E-state index contributed by atoms with van der Waals surface area (Å²) in [5.74, 6) is -0.0934. The largest absolute Gasteiger partial charge is 0.343 e. The van der Waals surface area contributed by atoms with Crippen molar-refractivity contribution in [3.63, 3.8) is 0 Å². The summed E-state index contributed by atoms with van der Waals surface area (Å²) in [6, 6.07) is 17.2. The van der Waals surface area contributed by atoms with Gasteiger partial charge in [-0.3, -0.25) is 4.79 Å². The van der Waals surface area contributed by atoms with E-state index >= 15 is 0 Å². The Morgan fingerprint density at radius 3 is 2.39 bits per heavy atom. The molecule has 3 rings (SSSR count). The third-order valence-corrected chi connectivity index (χ3v) is 3.71. The van der Waals surface area contributed by atoms with Gasteiger partial charge in [0.05, 0.1) is 25.0 Å². The fourth-order valence-corrected chi connectivity index (χ4v) is 2.48. The number of carbonyl (C=O) groups is 1. The van der Waals surface area contributed by atoms with E-state index < -0.39 is 0 Å². The lowest BCUT2D eigenvalue weighted by atomic mass is 10.0. The van der Waals surface area contributed by atoms with Gasteiger partial charge in [0.15, 0.2) is 0 Å².